The van der Waals surface area contributed by atoms with Crippen LogP contribution in [0.15, 0.2) is 18.2 Å². The number of alkyl halides is 1. The van der Waals surface area contributed by atoms with E-state index in [0.717, 1.165) is 35.7 Å². The van der Waals surface area contributed by atoms with Crippen LogP contribution in [0.3, 0.4) is 0 Å². The third-order valence-corrected chi connectivity index (χ3v) is 4.41. The molecule has 1 fully saturated rings. The Morgan fingerprint density at radius 1 is 1.43 bits per heavy atom. The molecule has 1 atom stereocenters. The van der Waals surface area contributed by atoms with E-state index >= 15 is 0 Å². The van der Waals surface area contributed by atoms with E-state index in [-0.39, 0.29) is 0 Å². The minimum atomic E-state index is 0.433. The maximum atomic E-state index is 6.11. The van der Waals surface area contributed by atoms with Crippen LogP contribution >= 0.6 is 11.6 Å². The van der Waals surface area contributed by atoms with Crippen molar-refractivity contribution in [2.45, 2.75) is 25.8 Å². The van der Waals surface area contributed by atoms with Crippen molar-refractivity contribution in [3.8, 4) is 5.75 Å². The van der Waals surface area contributed by atoms with Gasteiger partial charge in [0.15, 0.2) is 0 Å². The van der Waals surface area contributed by atoms with Gasteiger partial charge in [0, 0.05) is 13.1 Å². The molecule has 1 saturated heterocycles. The molecule has 1 unspecified atom stereocenters. The molecule has 5 heteroatoms. The minimum absolute atomic E-state index is 0.433. The number of ether oxygens (including phenoxy) is 1. The molecule has 0 saturated carbocycles. The van der Waals surface area contributed by atoms with Crippen molar-refractivity contribution in [1.82, 2.24) is 14.5 Å². The van der Waals surface area contributed by atoms with Gasteiger partial charge in [-0.2, -0.15) is 0 Å². The van der Waals surface area contributed by atoms with Crippen LogP contribution < -0.4 is 4.74 Å². The average molecular weight is 308 g/mol. The van der Waals surface area contributed by atoms with Crippen LogP contribution in [0.1, 0.15) is 19.2 Å². The number of imidazole rings is 1. The summed E-state index contributed by atoms with van der Waals surface area (Å²) >= 11 is 6.11. The fourth-order valence-electron chi connectivity index (χ4n) is 3.18. The predicted molar refractivity (Wildman–Crippen MR) is 86.1 cm³/mol. The number of para-hydroxylation sites is 1. The average Bonchev–Trinajstić information content (AvgIpc) is 3.05. The Morgan fingerprint density at radius 2 is 2.29 bits per heavy atom. The van der Waals surface area contributed by atoms with E-state index in [1.54, 1.807) is 0 Å². The van der Waals surface area contributed by atoms with E-state index in [1.165, 1.54) is 13.0 Å². The second kappa shape index (κ2) is 6.24. The summed E-state index contributed by atoms with van der Waals surface area (Å²) in [4.78, 5) is 7.09. The third-order valence-electron chi connectivity index (χ3n) is 4.17. The lowest BCUT2D eigenvalue weighted by molar-refractivity contribution is 0.343. The fourth-order valence-corrected chi connectivity index (χ4v) is 3.38. The Labute approximate surface area is 130 Å². The number of hydrogen-bond donors (Lipinski definition) is 0. The van der Waals surface area contributed by atoms with Crippen molar-refractivity contribution in [2.24, 2.45) is 5.92 Å². The monoisotopic (exact) mass is 307 g/mol. The Balaban J connectivity index is 1.98. The van der Waals surface area contributed by atoms with Crippen LogP contribution in [0.25, 0.3) is 11.0 Å². The van der Waals surface area contributed by atoms with Gasteiger partial charge in [-0.25, -0.2) is 4.98 Å². The molecule has 0 spiro atoms. The Kier molecular flexibility index (Phi) is 4.36. The van der Waals surface area contributed by atoms with Gasteiger partial charge in [0.1, 0.15) is 17.1 Å². The number of halogens is 1. The molecule has 0 N–H and O–H groups in total. The molecule has 21 heavy (non-hydrogen) atoms. The number of rotatable bonds is 5. The first kappa shape index (κ1) is 14.7. The highest BCUT2D eigenvalue weighted by Gasteiger charge is 2.22. The summed E-state index contributed by atoms with van der Waals surface area (Å²) in [6.07, 6.45) is 1.24. The van der Waals surface area contributed by atoms with Crippen LogP contribution in [0.2, 0.25) is 0 Å². The molecule has 1 aliphatic heterocycles. The van der Waals surface area contributed by atoms with Gasteiger partial charge in [0.2, 0.25) is 0 Å². The summed E-state index contributed by atoms with van der Waals surface area (Å²) in [5.74, 6) is 2.89. The second-order valence-corrected chi connectivity index (χ2v) is 6.01. The van der Waals surface area contributed by atoms with Crippen molar-refractivity contribution in [1.29, 1.82) is 0 Å². The summed E-state index contributed by atoms with van der Waals surface area (Å²) in [6, 6.07) is 6.12. The van der Waals surface area contributed by atoms with Crippen molar-refractivity contribution in [2.75, 3.05) is 26.7 Å². The molecule has 4 nitrogen and oxygen atoms in total. The molecule has 0 aliphatic carbocycles. The Bertz CT molecular complexity index is 625. The van der Waals surface area contributed by atoms with Crippen molar-refractivity contribution in [3.05, 3.63) is 24.0 Å². The smallest absolute Gasteiger partial charge is 0.147 e. The van der Waals surface area contributed by atoms with Crippen molar-refractivity contribution in [3.63, 3.8) is 0 Å². The van der Waals surface area contributed by atoms with E-state index < -0.39 is 0 Å². The lowest BCUT2D eigenvalue weighted by Gasteiger charge is -2.14. The summed E-state index contributed by atoms with van der Waals surface area (Å²) in [5.41, 5.74) is 2.06. The number of nitrogens with zero attached hydrogens (tertiary/aromatic N) is 3. The van der Waals surface area contributed by atoms with Crippen LogP contribution in [-0.4, -0.2) is 41.2 Å². The molecule has 3 rings (SSSR count). The first-order valence-electron chi connectivity index (χ1n) is 7.58. The maximum absolute atomic E-state index is 6.11. The number of benzene rings is 1. The zero-order valence-electron chi connectivity index (χ0n) is 12.7. The molecule has 1 aromatic carbocycles. The number of fused-ring (bicyclic) bond motifs is 1. The van der Waals surface area contributed by atoms with Gasteiger partial charge in [-0.1, -0.05) is 6.07 Å². The lowest BCUT2D eigenvalue weighted by Crippen LogP contribution is -2.18. The maximum Gasteiger partial charge on any atom is 0.147 e. The van der Waals surface area contributed by atoms with E-state index in [1.807, 2.05) is 19.1 Å². The molecule has 114 valence electrons. The first-order chi connectivity index (χ1) is 10.2. The number of hydrogen-bond acceptors (Lipinski definition) is 3. The van der Waals surface area contributed by atoms with Crippen LogP contribution in [0.5, 0.6) is 5.75 Å². The molecular weight excluding hydrogens is 286 g/mol. The van der Waals surface area contributed by atoms with Gasteiger partial charge >= 0.3 is 0 Å². The van der Waals surface area contributed by atoms with Gasteiger partial charge in [-0.05, 0) is 45.0 Å². The SMILES string of the molecule is CCOc1cccc2c1nc(CCl)n2CC1CCN(C)C1. The van der Waals surface area contributed by atoms with Gasteiger partial charge in [-0.3, -0.25) is 0 Å². The summed E-state index contributed by atoms with van der Waals surface area (Å²) in [6.45, 7) is 5.95. The fraction of sp³-hybridized carbons (Fsp3) is 0.562. The highest BCUT2D eigenvalue weighted by Crippen LogP contribution is 2.28. The highest BCUT2D eigenvalue weighted by molar-refractivity contribution is 6.16. The van der Waals surface area contributed by atoms with E-state index in [2.05, 4.69) is 22.6 Å². The summed E-state index contributed by atoms with van der Waals surface area (Å²) < 4.78 is 7.96. The third kappa shape index (κ3) is 2.87. The molecule has 2 aromatic rings. The van der Waals surface area contributed by atoms with E-state index in [9.17, 15) is 0 Å². The molecule has 2 heterocycles. The molecule has 0 radical (unpaired) electrons. The number of likely N-dealkylation sites (tertiary alicyclic amines) is 1. The zero-order chi connectivity index (χ0) is 14.8. The molecule has 0 amide bonds. The normalized spacial score (nSPS) is 19.5. The van der Waals surface area contributed by atoms with Crippen LogP contribution in [-0.2, 0) is 12.4 Å². The Morgan fingerprint density at radius 3 is 2.95 bits per heavy atom. The summed E-state index contributed by atoms with van der Waals surface area (Å²) in [5, 5.41) is 0. The summed E-state index contributed by atoms with van der Waals surface area (Å²) in [7, 11) is 2.18. The topological polar surface area (TPSA) is 30.3 Å². The molecule has 0 bridgehead atoms. The first-order valence-corrected chi connectivity index (χ1v) is 8.11. The van der Waals surface area contributed by atoms with Gasteiger partial charge in [0.05, 0.1) is 18.0 Å². The van der Waals surface area contributed by atoms with Gasteiger partial charge in [-0.15, -0.1) is 11.6 Å². The lowest BCUT2D eigenvalue weighted by atomic mass is 10.1. The molecular formula is C16H22ClN3O. The quantitative estimate of drug-likeness (QED) is 0.795. The van der Waals surface area contributed by atoms with Crippen molar-refractivity contribution < 1.29 is 4.74 Å². The van der Waals surface area contributed by atoms with E-state index in [4.69, 9.17) is 21.3 Å². The van der Waals surface area contributed by atoms with Gasteiger partial charge < -0.3 is 14.2 Å². The molecule has 1 aromatic heterocycles. The van der Waals surface area contributed by atoms with Crippen LogP contribution in [0.4, 0.5) is 0 Å². The predicted octanol–water partition coefficient (Wildman–Crippen LogP) is 3.13. The van der Waals surface area contributed by atoms with Crippen molar-refractivity contribution >= 4 is 22.6 Å². The standard InChI is InChI=1S/C16H22ClN3O/c1-3-21-14-6-4-5-13-16(14)18-15(9-17)20(13)11-12-7-8-19(2)10-12/h4-6,12H,3,7-11H2,1-2H3. The highest BCUT2D eigenvalue weighted by atomic mass is 35.5. The second-order valence-electron chi connectivity index (χ2n) is 5.75. The largest absolute Gasteiger partial charge is 0.492 e. The van der Waals surface area contributed by atoms with Crippen LogP contribution in [0, 0.1) is 5.92 Å². The van der Waals surface area contributed by atoms with Gasteiger partial charge in [0.25, 0.3) is 0 Å². The minimum Gasteiger partial charge on any atom is -0.492 e. The zero-order valence-corrected chi connectivity index (χ0v) is 13.4. The van der Waals surface area contributed by atoms with E-state index in [0.29, 0.717) is 18.4 Å². The Hall–Kier alpha value is -1.26. The number of aromatic nitrogens is 2. The molecule has 1 aliphatic rings.